The number of ether oxygens (including phenoxy) is 1. The Labute approximate surface area is 158 Å². The maximum absolute atomic E-state index is 11.9. The van der Waals surface area contributed by atoms with Crippen LogP contribution in [0.3, 0.4) is 0 Å². The molecule has 0 saturated heterocycles. The molecule has 2 rings (SSSR count). The molecule has 0 radical (unpaired) electrons. The zero-order chi connectivity index (χ0) is 19.6. The molecule has 4 N–H and O–H groups in total. The summed E-state index contributed by atoms with van der Waals surface area (Å²) in [6, 6.07) is 7.11. The average Bonchev–Trinajstić information content (AvgIpc) is 2.81. The summed E-state index contributed by atoms with van der Waals surface area (Å²) in [5, 5.41) is 23.8. The Morgan fingerprint density at radius 2 is 2.15 bits per heavy atom. The van der Waals surface area contributed by atoms with Gasteiger partial charge in [0.1, 0.15) is 0 Å². The second-order valence-corrected chi connectivity index (χ2v) is 6.24. The first kappa shape index (κ1) is 20.5. The fraction of sp³-hybridized carbons (Fsp3) is 0.263. The van der Waals surface area contributed by atoms with Crippen LogP contribution in [0.4, 0.5) is 10.5 Å². The fourth-order valence-electron chi connectivity index (χ4n) is 2.69. The Morgan fingerprint density at radius 3 is 2.89 bits per heavy atom. The van der Waals surface area contributed by atoms with Crippen molar-refractivity contribution in [1.29, 1.82) is 0 Å². The summed E-state index contributed by atoms with van der Waals surface area (Å²) in [5.41, 5.74) is 3.92. The summed E-state index contributed by atoms with van der Waals surface area (Å²) >= 11 is 0. The molecule has 0 aliphatic heterocycles. The second kappa shape index (κ2) is 10.3. The van der Waals surface area contributed by atoms with Crippen LogP contribution >= 0.6 is 0 Å². The zero-order valence-electron chi connectivity index (χ0n) is 15.1. The van der Waals surface area contributed by atoms with Crippen molar-refractivity contribution < 1.29 is 24.4 Å². The predicted molar refractivity (Wildman–Crippen MR) is 104 cm³/mol. The zero-order valence-corrected chi connectivity index (χ0v) is 15.1. The first-order valence-electron chi connectivity index (χ1n) is 8.60. The summed E-state index contributed by atoms with van der Waals surface area (Å²) in [6.07, 6.45) is 6.53. The highest BCUT2D eigenvalue weighted by atomic mass is 16.5. The number of nitrogens with one attached hydrogen (secondary N) is 2. The van der Waals surface area contributed by atoms with E-state index in [0.29, 0.717) is 37.0 Å². The molecular formula is C19H23BN2O5. The maximum atomic E-state index is 11.9. The number of hydrogen-bond acceptors (Lipinski definition) is 5. The van der Waals surface area contributed by atoms with Gasteiger partial charge in [-0.2, -0.15) is 0 Å². The highest BCUT2D eigenvalue weighted by Crippen LogP contribution is 2.21. The average molecular weight is 370 g/mol. The van der Waals surface area contributed by atoms with Gasteiger partial charge in [0.15, 0.2) is 0 Å². The smallest absolute Gasteiger partial charge is 0.449 e. The van der Waals surface area contributed by atoms with Gasteiger partial charge in [-0.3, -0.25) is 10.1 Å². The van der Waals surface area contributed by atoms with Gasteiger partial charge in [0.05, 0.1) is 6.61 Å². The molecule has 0 atom stereocenters. The molecule has 7 nitrogen and oxygen atoms in total. The van der Waals surface area contributed by atoms with Crippen molar-refractivity contribution in [2.24, 2.45) is 0 Å². The number of anilines is 1. The van der Waals surface area contributed by atoms with Crippen LogP contribution in [0, 0.1) is 0 Å². The van der Waals surface area contributed by atoms with E-state index < -0.39 is 13.2 Å². The number of carbonyl (C=O) groups excluding carboxylic acids is 2. The van der Waals surface area contributed by atoms with Crippen molar-refractivity contribution >= 4 is 25.3 Å². The number of benzene rings is 1. The van der Waals surface area contributed by atoms with E-state index >= 15 is 0 Å². The number of rotatable bonds is 8. The van der Waals surface area contributed by atoms with Crippen molar-refractivity contribution in [2.75, 3.05) is 11.9 Å². The highest BCUT2D eigenvalue weighted by molar-refractivity contribution is 6.51. The van der Waals surface area contributed by atoms with E-state index in [9.17, 15) is 19.6 Å². The number of carbonyl (C=O) groups is 2. The molecule has 0 saturated carbocycles. The lowest BCUT2D eigenvalue weighted by Crippen LogP contribution is -2.15. The fourth-order valence-corrected chi connectivity index (χ4v) is 2.69. The van der Waals surface area contributed by atoms with Gasteiger partial charge in [-0.05, 0) is 36.5 Å². The lowest BCUT2D eigenvalue weighted by atomic mass is 9.78. The van der Waals surface area contributed by atoms with E-state index in [-0.39, 0.29) is 6.61 Å². The molecule has 1 aliphatic rings. The highest BCUT2D eigenvalue weighted by Gasteiger charge is 2.14. The Morgan fingerprint density at radius 1 is 1.33 bits per heavy atom. The molecule has 8 heteroatoms. The van der Waals surface area contributed by atoms with Gasteiger partial charge < -0.3 is 20.1 Å². The van der Waals surface area contributed by atoms with Gasteiger partial charge in [0.2, 0.25) is 6.41 Å². The minimum atomic E-state index is -1.50. The SMILES string of the molecule is CC1=CC(B(O)O)=CC=C(CCOC(=O)Nc2cccc(CNC=O)c2)C1. The van der Waals surface area contributed by atoms with Gasteiger partial charge in [0.25, 0.3) is 0 Å². The molecule has 27 heavy (non-hydrogen) atoms. The summed E-state index contributed by atoms with van der Waals surface area (Å²) in [7, 11) is -1.50. The normalized spacial score (nSPS) is 13.5. The Kier molecular flexibility index (Phi) is 7.85. The molecule has 0 bridgehead atoms. The second-order valence-electron chi connectivity index (χ2n) is 6.24. The summed E-state index contributed by atoms with van der Waals surface area (Å²) in [4.78, 5) is 22.3. The monoisotopic (exact) mass is 370 g/mol. The van der Waals surface area contributed by atoms with E-state index in [1.807, 2.05) is 19.1 Å². The van der Waals surface area contributed by atoms with Crippen LogP contribution in [-0.2, 0) is 16.1 Å². The summed E-state index contributed by atoms with van der Waals surface area (Å²) in [6.45, 7) is 2.50. The molecule has 142 valence electrons. The molecule has 0 fully saturated rings. The third-order valence-corrected chi connectivity index (χ3v) is 3.95. The van der Waals surface area contributed by atoms with Crippen LogP contribution in [0.2, 0.25) is 0 Å². The first-order valence-corrected chi connectivity index (χ1v) is 8.60. The van der Waals surface area contributed by atoms with Crippen LogP contribution in [-0.4, -0.2) is 36.3 Å². The molecule has 1 aromatic rings. The van der Waals surface area contributed by atoms with E-state index in [1.54, 1.807) is 30.4 Å². The molecule has 0 aromatic heterocycles. The lowest BCUT2D eigenvalue weighted by Gasteiger charge is -2.10. The van der Waals surface area contributed by atoms with Gasteiger partial charge in [-0.25, -0.2) is 4.79 Å². The number of amides is 2. The predicted octanol–water partition coefficient (Wildman–Crippen LogP) is 2.09. The molecular weight excluding hydrogens is 347 g/mol. The maximum Gasteiger partial charge on any atom is 0.488 e. The van der Waals surface area contributed by atoms with E-state index in [2.05, 4.69) is 10.6 Å². The van der Waals surface area contributed by atoms with Crippen molar-refractivity contribution in [3.05, 3.63) is 64.7 Å². The van der Waals surface area contributed by atoms with E-state index in [0.717, 1.165) is 16.7 Å². The van der Waals surface area contributed by atoms with Gasteiger partial charge >= 0.3 is 13.2 Å². The van der Waals surface area contributed by atoms with Gasteiger partial charge in [-0.15, -0.1) is 0 Å². The standard InChI is InChI=1S/C19H23BN2O5/c1-14-9-15(5-6-17(10-14)20(25)26)7-8-27-19(24)22-18-4-2-3-16(11-18)12-21-13-23/h2-6,10-11,13,25-26H,7-9,12H2,1H3,(H,21,23)(H,22,24). The van der Waals surface area contributed by atoms with E-state index in [4.69, 9.17) is 4.74 Å². The quantitative estimate of drug-likeness (QED) is 0.414. The number of hydrogen-bond donors (Lipinski definition) is 4. The van der Waals surface area contributed by atoms with Crippen LogP contribution in [0.25, 0.3) is 0 Å². The topological polar surface area (TPSA) is 108 Å². The molecule has 0 unspecified atom stereocenters. The molecule has 0 heterocycles. The minimum Gasteiger partial charge on any atom is -0.449 e. The van der Waals surface area contributed by atoms with Crippen molar-refractivity contribution in [3.8, 4) is 0 Å². The minimum absolute atomic E-state index is 0.211. The van der Waals surface area contributed by atoms with Crippen LogP contribution in [0.1, 0.15) is 25.3 Å². The third-order valence-electron chi connectivity index (χ3n) is 3.95. The van der Waals surface area contributed by atoms with Gasteiger partial charge in [-0.1, -0.05) is 41.5 Å². The first-order chi connectivity index (χ1) is 13.0. The number of allylic oxidation sites excluding steroid dienone is 5. The molecule has 1 aliphatic carbocycles. The van der Waals surface area contributed by atoms with Crippen molar-refractivity contribution in [2.45, 2.75) is 26.3 Å². The third kappa shape index (κ3) is 7.12. The van der Waals surface area contributed by atoms with Crippen LogP contribution in [0.15, 0.2) is 59.1 Å². The molecule has 0 spiro atoms. The van der Waals surface area contributed by atoms with Gasteiger partial charge in [0, 0.05) is 18.7 Å². The van der Waals surface area contributed by atoms with Crippen LogP contribution in [0.5, 0.6) is 0 Å². The Bertz CT molecular complexity index is 771. The largest absolute Gasteiger partial charge is 0.488 e. The Hall–Kier alpha value is -2.84. The lowest BCUT2D eigenvalue weighted by molar-refractivity contribution is -0.109. The van der Waals surface area contributed by atoms with Crippen molar-refractivity contribution in [1.82, 2.24) is 5.32 Å². The summed E-state index contributed by atoms with van der Waals surface area (Å²) < 4.78 is 5.22. The van der Waals surface area contributed by atoms with Crippen molar-refractivity contribution in [3.63, 3.8) is 0 Å². The van der Waals surface area contributed by atoms with E-state index in [1.165, 1.54) is 0 Å². The molecule has 1 aromatic carbocycles. The van der Waals surface area contributed by atoms with Crippen LogP contribution < -0.4 is 10.6 Å². The Balaban J connectivity index is 1.82. The molecule has 2 amide bonds. The summed E-state index contributed by atoms with van der Waals surface area (Å²) in [5.74, 6) is 0.